The van der Waals surface area contributed by atoms with Crippen molar-refractivity contribution in [3.05, 3.63) is 0 Å². The van der Waals surface area contributed by atoms with Crippen molar-refractivity contribution in [2.75, 3.05) is 33.7 Å². The Morgan fingerprint density at radius 3 is 2.50 bits per heavy atom. The van der Waals surface area contributed by atoms with Crippen molar-refractivity contribution in [2.45, 2.75) is 50.1 Å². The molecule has 20 heavy (non-hydrogen) atoms. The highest BCUT2D eigenvalue weighted by molar-refractivity contribution is 5.85. The van der Waals surface area contributed by atoms with Gasteiger partial charge < -0.3 is 21.3 Å². The van der Waals surface area contributed by atoms with E-state index in [0.29, 0.717) is 0 Å². The third-order valence-electron chi connectivity index (χ3n) is 5.41. The monoisotopic (exact) mass is 282 g/mol. The fourth-order valence-corrected chi connectivity index (χ4v) is 3.83. The standard InChI is InChI=1S/C15H30N4O/c1-18(2)13-6-10-19(11-7-13)9-5-12-4-3-8-15(12,17)14(16)20/h12-13H,3-11,17H2,1-2H3,(H2,16,20). The normalized spacial score (nSPS) is 32.9. The quantitative estimate of drug-likeness (QED) is 0.764. The van der Waals surface area contributed by atoms with E-state index < -0.39 is 5.54 Å². The molecular weight excluding hydrogens is 252 g/mol. The van der Waals surface area contributed by atoms with Crippen molar-refractivity contribution < 1.29 is 4.79 Å². The summed E-state index contributed by atoms with van der Waals surface area (Å²) in [6, 6.07) is 0.719. The van der Waals surface area contributed by atoms with Gasteiger partial charge in [0.2, 0.25) is 5.91 Å². The zero-order valence-electron chi connectivity index (χ0n) is 13.0. The van der Waals surface area contributed by atoms with E-state index in [2.05, 4.69) is 23.9 Å². The number of likely N-dealkylation sites (tertiary alicyclic amines) is 1. The summed E-state index contributed by atoms with van der Waals surface area (Å²) in [4.78, 5) is 16.4. The molecule has 1 amide bonds. The van der Waals surface area contributed by atoms with E-state index >= 15 is 0 Å². The maximum absolute atomic E-state index is 11.6. The number of hydrogen-bond donors (Lipinski definition) is 2. The lowest BCUT2D eigenvalue weighted by atomic mass is 9.84. The molecule has 0 radical (unpaired) electrons. The van der Waals surface area contributed by atoms with Crippen LogP contribution in [-0.2, 0) is 4.79 Å². The summed E-state index contributed by atoms with van der Waals surface area (Å²) in [7, 11) is 4.32. The van der Waals surface area contributed by atoms with Gasteiger partial charge in [-0.2, -0.15) is 0 Å². The van der Waals surface area contributed by atoms with Gasteiger partial charge in [-0.15, -0.1) is 0 Å². The number of rotatable bonds is 5. The van der Waals surface area contributed by atoms with Crippen molar-refractivity contribution in [3.63, 3.8) is 0 Å². The zero-order chi connectivity index (χ0) is 14.8. The van der Waals surface area contributed by atoms with Crippen LogP contribution in [0.3, 0.4) is 0 Å². The minimum atomic E-state index is -0.748. The molecule has 0 spiro atoms. The van der Waals surface area contributed by atoms with E-state index in [1.54, 1.807) is 0 Å². The molecule has 1 saturated heterocycles. The molecule has 1 saturated carbocycles. The predicted octanol–water partition coefficient (Wildman–Crippen LogP) is 0.385. The van der Waals surface area contributed by atoms with Gasteiger partial charge in [0.1, 0.15) is 0 Å². The molecule has 5 nitrogen and oxygen atoms in total. The van der Waals surface area contributed by atoms with Gasteiger partial charge in [-0.25, -0.2) is 0 Å². The number of nitrogens with two attached hydrogens (primary N) is 2. The summed E-state index contributed by atoms with van der Waals surface area (Å²) in [5.74, 6) is -0.0436. The van der Waals surface area contributed by atoms with Gasteiger partial charge in [-0.05, 0) is 71.8 Å². The molecule has 0 bridgehead atoms. The van der Waals surface area contributed by atoms with Crippen LogP contribution in [0.2, 0.25) is 0 Å². The summed E-state index contributed by atoms with van der Waals surface area (Å²) >= 11 is 0. The minimum absolute atomic E-state index is 0.270. The van der Waals surface area contributed by atoms with Gasteiger partial charge in [0.05, 0.1) is 5.54 Å². The van der Waals surface area contributed by atoms with Crippen LogP contribution in [0.25, 0.3) is 0 Å². The average molecular weight is 282 g/mol. The van der Waals surface area contributed by atoms with Crippen molar-refractivity contribution in [2.24, 2.45) is 17.4 Å². The van der Waals surface area contributed by atoms with Crippen LogP contribution in [0, 0.1) is 5.92 Å². The Hall–Kier alpha value is -0.650. The lowest BCUT2D eigenvalue weighted by Crippen LogP contribution is -2.55. The van der Waals surface area contributed by atoms with E-state index in [9.17, 15) is 4.79 Å². The number of carbonyl (C=O) groups excluding carboxylic acids is 1. The molecule has 1 heterocycles. The molecule has 0 aromatic rings. The topological polar surface area (TPSA) is 75.6 Å². The molecule has 0 aromatic heterocycles. The lowest BCUT2D eigenvalue weighted by Gasteiger charge is -2.36. The number of carbonyl (C=O) groups is 1. The van der Waals surface area contributed by atoms with Crippen molar-refractivity contribution in [1.29, 1.82) is 0 Å². The van der Waals surface area contributed by atoms with Crippen molar-refractivity contribution >= 4 is 5.91 Å². The maximum Gasteiger partial charge on any atom is 0.237 e. The van der Waals surface area contributed by atoms with Crippen molar-refractivity contribution in [3.8, 4) is 0 Å². The molecule has 2 atom stereocenters. The minimum Gasteiger partial charge on any atom is -0.368 e. The van der Waals surface area contributed by atoms with Crippen LogP contribution >= 0.6 is 0 Å². The Morgan fingerprint density at radius 2 is 1.95 bits per heavy atom. The molecule has 5 heteroatoms. The van der Waals surface area contributed by atoms with Gasteiger partial charge >= 0.3 is 0 Å². The second-order valence-corrected chi connectivity index (χ2v) is 6.82. The Kier molecular flexibility index (Phi) is 5.04. The molecule has 4 N–H and O–H groups in total. The summed E-state index contributed by atoms with van der Waals surface area (Å²) in [5.41, 5.74) is 11.0. The van der Waals surface area contributed by atoms with Gasteiger partial charge in [0.15, 0.2) is 0 Å². The second-order valence-electron chi connectivity index (χ2n) is 6.82. The Bertz CT molecular complexity index is 339. The Morgan fingerprint density at radius 1 is 1.30 bits per heavy atom. The summed E-state index contributed by atoms with van der Waals surface area (Å²) in [6.45, 7) is 3.37. The first-order chi connectivity index (χ1) is 9.43. The van der Waals surface area contributed by atoms with Crippen LogP contribution in [0.1, 0.15) is 38.5 Å². The van der Waals surface area contributed by atoms with Crippen molar-refractivity contribution in [1.82, 2.24) is 9.80 Å². The van der Waals surface area contributed by atoms with Gasteiger partial charge in [-0.1, -0.05) is 6.42 Å². The lowest BCUT2D eigenvalue weighted by molar-refractivity contribution is -0.124. The van der Waals surface area contributed by atoms with E-state index in [0.717, 1.165) is 51.4 Å². The van der Waals surface area contributed by atoms with Gasteiger partial charge in [0, 0.05) is 6.04 Å². The SMILES string of the molecule is CN(C)C1CCN(CCC2CCCC2(N)C(N)=O)CC1. The number of hydrogen-bond acceptors (Lipinski definition) is 4. The molecule has 2 rings (SSSR count). The highest BCUT2D eigenvalue weighted by Crippen LogP contribution is 2.36. The molecule has 1 aliphatic heterocycles. The summed E-state index contributed by atoms with van der Waals surface area (Å²) in [5, 5.41) is 0. The number of primary amides is 1. The third-order valence-corrected chi connectivity index (χ3v) is 5.41. The average Bonchev–Trinajstić information content (AvgIpc) is 2.79. The molecule has 1 aliphatic carbocycles. The van der Waals surface area contributed by atoms with Crippen LogP contribution in [-0.4, -0.2) is 61.0 Å². The van der Waals surface area contributed by atoms with E-state index in [4.69, 9.17) is 11.5 Å². The van der Waals surface area contributed by atoms with E-state index in [1.807, 2.05) is 0 Å². The van der Waals surface area contributed by atoms with Crippen LogP contribution in [0.4, 0.5) is 0 Å². The fourth-order valence-electron chi connectivity index (χ4n) is 3.83. The highest BCUT2D eigenvalue weighted by Gasteiger charge is 2.44. The Balaban J connectivity index is 1.77. The molecule has 0 aromatic carbocycles. The number of piperidine rings is 1. The molecule has 2 unspecified atom stereocenters. The van der Waals surface area contributed by atoms with E-state index in [-0.39, 0.29) is 11.8 Å². The third kappa shape index (κ3) is 3.32. The highest BCUT2D eigenvalue weighted by atomic mass is 16.1. The first kappa shape index (κ1) is 15.7. The fraction of sp³-hybridized carbons (Fsp3) is 0.933. The number of nitrogens with zero attached hydrogens (tertiary/aromatic N) is 2. The van der Waals surface area contributed by atoms with Crippen LogP contribution in [0.15, 0.2) is 0 Å². The molecule has 2 fully saturated rings. The van der Waals surface area contributed by atoms with Gasteiger partial charge in [-0.3, -0.25) is 4.79 Å². The predicted molar refractivity (Wildman–Crippen MR) is 81.2 cm³/mol. The first-order valence-corrected chi connectivity index (χ1v) is 7.91. The smallest absolute Gasteiger partial charge is 0.237 e. The second kappa shape index (κ2) is 6.41. The zero-order valence-corrected chi connectivity index (χ0v) is 13.0. The van der Waals surface area contributed by atoms with Crippen LogP contribution in [0.5, 0.6) is 0 Å². The number of amides is 1. The summed E-state index contributed by atoms with van der Waals surface area (Å²) in [6.07, 6.45) is 6.32. The van der Waals surface area contributed by atoms with Gasteiger partial charge in [0.25, 0.3) is 0 Å². The maximum atomic E-state index is 11.6. The first-order valence-electron chi connectivity index (χ1n) is 7.91. The Labute approximate surface area is 122 Å². The molecular formula is C15H30N4O. The largest absolute Gasteiger partial charge is 0.368 e. The van der Waals surface area contributed by atoms with E-state index in [1.165, 1.54) is 12.8 Å². The summed E-state index contributed by atoms with van der Waals surface area (Å²) < 4.78 is 0. The molecule has 2 aliphatic rings. The van der Waals surface area contributed by atoms with Crippen LogP contribution < -0.4 is 11.5 Å². The molecule has 116 valence electrons.